The van der Waals surface area contributed by atoms with E-state index < -0.39 is 0 Å². The van der Waals surface area contributed by atoms with Crippen LogP contribution in [0.5, 0.6) is 0 Å². The summed E-state index contributed by atoms with van der Waals surface area (Å²) in [5.74, 6) is 0.709. The lowest BCUT2D eigenvalue weighted by molar-refractivity contribution is -0.145. The summed E-state index contributed by atoms with van der Waals surface area (Å²) >= 11 is 0. The van der Waals surface area contributed by atoms with E-state index in [0.717, 1.165) is 12.8 Å². The molecule has 1 aliphatic heterocycles. The molecule has 1 saturated carbocycles. The third-order valence-corrected chi connectivity index (χ3v) is 4.34. The first-order chi connectivity index (χ1) is 12.1. The van der Waals surface area contributed by atoms with E-state index in [2.05, 4.69) is 20.6 Å². The van der Waals surface area contributed by atoms with Crippen LogP contribution >= 0.6 is 0 Å². The van der Waals surface area contributed by atoms with Gasteiger partial charge in [-0.15, -0.1) is 0 Å². The van der Waals surface area contributed by atoms with Crippen molar-refractivity contribution in [3.8, 4) is 6.07 Å². The lowest BCUT2D eigenvalue weighted by Crippen LogP contribution is -2.48. The number of hydrogen-bond acceptors (Lipinski definition) is 7. The summed E-state index contributed by atoms with van der Waals surface area (Å²) < 4.78 is 5.04. The van der Waals surface area contributed by atoms with Gasteiger partial charge < -0.3 is 20.3 Å². The average Bonchev–Trinajstić information content (AvgIpc) is 2.59. The maximum Gasteiger partial charge on any atom is 0.249 e. The van der Waals surface area contributed by atoms with Crippen LogP contribution in [-0.2, 0) is 14.3 Å². The van der Waals surface area contributed by atoms with Crippen LogP contribution < -0.4 is 10.6 Å². The van der Waals surface area contributed by atoms with Gasteiger partial charge in [0.2, 0.25) is 11.8 Å². The zero-order chi connectivity index (χ0) is 17.6. The molecule has 2 N–H and O–H groups in total. The second-order valence-electron chi connectivity index (χ2n) is 6.25. The van der Waals surface area contributed by atoms with E-state index in [-0.39, 0.29) is 36.7 Å². The minimum atomic E-state index is -0.144. The lowest BCUT2D eigenvalue weighted by Gasteiger charge is -2.36. The number of hydrogen-bond donors (Lipinski definition) is 2. The Morgan fingerprint density at radius 2 is 2.28 bits per heavy atom. The second kappa shape index (κ2) is 7.90. The number of amides is 2. The number of aromatic nitrogens is 2. The Kier molecular flexibility index (Phi) is 5.40. The Hall–Kier alpha value is -2.73. The normalized spacial score (nSPS) is 22.7. The zero-order valence-corrected chi connectivity index (χ0v) is 13.8. The fourth-order valence-electron chi connectivity index (χ4n) is 2.92. The molecule has 0 unspecified atom stereocenters. The highest BCUT2D eigenvalue weighted by Gasteiger charge is 2.30. The van der Waals surface area contributed by atoms with Gasteiger partial charge in [-0.25, -0.2) is 4.98 Å². The van der Waals surface area contributed by atoms with Crippen molar-refractivity contribution >= 4 is 17.6 Å². The molecule has 2 aliphatic rings. The molecule has 2 amide bonds. The highest BCUT2D eigenvalue weighted by Crippen LogP contribution is 2.29. The number of carbonyl (C=O) groups is 2. The third kappa shape index (κ3) is 4.64. The highest BCUT2D eigenvalue weighted by atomic mass is 16.5. The van der Waals surface area contributed by atoms with E-state index in [0.29, 0.717) is 31.4 Å². The van der Waals surface area contributed by atoms with Gasteiger partial charge in [-0.05, 0) is 18.8 Å². The first-order valence-electron chi connectivity index (χ1n) is 8.25. The van der Waals surface area contributed by atoms with Crippen molar-refractivity contribution in [2.45, 2.75) is 18.9 Å². The number of anilines is 1. The molecule has 9 heteroatoms. The van der Waals surface area contributed by atoms with Gasteiger partial charge in [0.25, 0.3) is 0 Å². The average molecular weight is 344 g/mol. The predicted octanol–water partition coefficient (Wildman–Crippen LogP) is -0.486. The van der Waals surface area contributed by atoms with Gasteiger partial charge in [0, 0.05) is 19.1 Å². The maximum atomic E-state index is 11.9. The Bertz CT molecular complexity index is 683. The first-order valence-corrected chi connectivity index (χ1v) is 8.25. The maximum absolute atomic E-state index is 11.9. The van der Waals surface area contributed by atoms with Gasteiger partial charge in [0.05, 0.1) is 25.5 Å². The van der Waals surface area contributed by atoms with Crippen molar-refractivity contribution in [3.63, 3.8) is 0 Å². The monoisotopic (exact) mass is 344 g/mol. The molecule has 2 heterocycles. The van der Waals surface area contributed by atoms with E-state index in [9.17, 15) is 9.59 Å². The quantitative estimate of drug-likeness (QED) is 0.714. The van der Waals surface area contributed by atoms with Crippen molar-refractivity contribution in [3.05, 3.63) is 18.1 Å². The van der Waals surface area contributed by atoms with Crippen LogP contribution in [0.15, 0.2) is 12.4 Å². The number of morpholine rings is 1. The fraction of sp³-hybridized carbons (Fsp3) is 0.562. The molecule has 1 aromatic heterocycles. The molecule has 9 nitrogen and oxygen atoms in total. The van der Waals surface area contributed by atoms with Crippen LogP contribution in [0, 0.1) is 17.2 Å². The summed E-state index contributed by atoms with van der Waals surface area (Å²) in [5, 5.41) is 14.9. The number of ether oxygens (including phenoxy) is 1. The van der Waals surface area contributed by atoms with Crippen molar-refractivity contribution in [1.82, 2.24) is 20.2 Å². The molecule has 25 heavy (non-hydrogen) atoms. The minimum Gasteiger partial charge on any atom is -0.370 e. The standard InChI is InChI=1S/C16H20N6O3/c17-5-13-7-18-8-14(21-13)20-12-3-11(4-12)6-19-15(23)9-22-1-2-25-10-16(22)24/h7-8,11-12H,1-4,6,9-10H2,(H,19,23)(H,20,21). The van der Waals surface area contributed by atoms with Crippen LogP contribution in [0.25, 0.3) is 0 Å². The minimum absolute atomic E-state index is 0.0547. The molecule has 1 saturated heterocycles. The summed E-state index contributed by atoms with van der Waals surface area (Å²) in [6.07, 6.45) is 4.84. The van der Waals surface area contributed by atoms with Crippen molar-refractivity contribution in [1.29, 1.82) is 5.26 Å². The Morgan fingerprint density at radius 3 is 3.04 bits per heavy atom. The van der Waals surface area contributed by atoms with Gasteiger partial charge in [-0.2, -0.15) is 5.26 Å². The van der Waals surface area contributed by atoms with Crippen LogP contribution in [-0.4, -0.2) is 65.6 Å². The first kappa shape index (κ1) is 17.1. The largest absolute Gasteiger partial charge is 0.370 e. The Morgan fingerprint density at radius 1 is 1.44 bits per heavy atom. The van der Waals surface area contributed by atoms with Crippen molar-refractivity contribution < 1.29 is 14.3 Å². The Balaban J connectivity index is 1.34. The molecule has 3 rings (SSSR count). The third-order valence-electron chi connectivity index (χ3n) is 4.34. The van der Waals surface area contributed by atoms with Crippen LogP contribution in [0.4, 0.5) is 5.82 Å². The predicted molar refractivity (Wildman–Crippen MR) is 87.3 cm³/mol. The second-order valence-corrected chi connectivity index (χ2v) is 6.25. The van der Waals surface area contributed by atoms with Gasteiger partial charge in [-0.3, -0.25) is 14.6 Å². The number of rotatable bonds is 6. The summed E-state index contributed by atoms with van der Waals surface area (Å²) in [6, 6.07) is 2.23. The van der Waals surface area contributed by atoms with Crippen LogP contribution in [0.3, 0.4) is 0 Å². The van der Waals surface area contributed by atoms with E-state index in [1.165, 1.54) is 11.1 Å². The SMILES string of the molecule is N#Cc1cncc(NC2CC(CNC(=O)CN3CCOCC3=O)C2)n1. The molecule has 2 fully saturated rings. The molecular weight excluding hydrogens is 324 g/mol. The molecular formula is C16H20N6O3. The number of nitriles is 1. The molecule has 132 valence electrons. The van der Waals surface area contributed by atoms with E-state index in [1.54, 1.807) is 6.20 Å². The Labute approximate surface area is 145 Å². The molecule has 0 radical (unpaired) electrons. The molecule has 1 aromatic rings. The smallest absolute Gasteiger partial charge is 0.249 e. The van der Waals surface area contributed by atoms with Gasteiger partial charge in [0.1, 0.15) is 18.5 Å². The van der Waals surface area contributed by atoms with Gasteiger partial charge in [-0.1, -0.05) is 0 Å². The molecule has 0 spiro atoms. The van der Waals surface area contributed by atoms with E-state index in [4.69, 9.17) is 10.00 Å². The summed E-state index contributed by atoms with van der Waals surface area (Å²) in [5.41, 5.74) is 0.283. The van der Waals surface area contributed by atoms with Gasteiger partial charge >= 0.3 is 0 Å². The van der Waals surface area contributed by atoms with E-state index in [1.807, 2.05) is 6.07 Å². The van der Waals surface area contributed by atoms with Crippen molar-refractivity contribution in [2.75, 3.05) is 38.2 Å². The summed E-state index contributed by atoms with van der Waals surface area (Å²) in [7, 11) is 0. The summed E-state index contributed by atoms with van der Waals surface area (Å²) in [4.78, 5) is 33.1. The fourth-order valence-corrected chi connectivity index (χ4v) is 2.92. The van der Waals surface area contributed by atoms with Crippen molar-refractivity contribution in [2.24, 2.45) is 5.92 Å². The number of nitrogens with one attached hydrogen (secondary N) is 2. The highest BCUT2D eigenvalue weighted by molar-refractivity contribution is 5.85. The summed E-state index contributed by atoms with van der Waals surface area (Å²) in [6.45, 7) is 1.68. The molecule has 0 aromatic carbocycles. The number of carbonyl (C=O) groups excluding carboxylic acids is 2. The topological polar surface area (TPSA) is 120 Å². The zero-order valence-electron chi connectivity index (χ0n) is 13.8. The molecule has 1 aliphatic carbocycles. The molecule has 0 bridgehead atoms. The van der Waals surface area contributed by atoms with Gasteiger partial charge in [0.15, 0.2) is 5.69 Å². The van der Waals surface area contributed by atoms with Crippen LogP contribution in [0.2, 0.25) is 0 Å². The lowest BCUT2D eigenvalue weighted by atomic mass is 9.80. The van der Waals surface area contributed by atoms with E-state index >= 15 is 0 Å². The molecule has 0 atom stereocenters. The van der Waals surface area contributed by atoms with Crippen LogP contribution in [0.1, 0.15) is 18.5 Å². The number of nitrogens with zero attached hydrogens (tertiary/aromatic N) is 4.